The van der Waals surface area contributed by atoms with Gasteiger partial charge in [0.15, 0.2) is 0 Å². The molecule has 2 amide bonds. The van der Waals surface area contributed by atoms with E-state index in [0.29, 0.717) is 18.7 Å². The summed E-state index contributed by atoms with van der Waals surface area (Å²) in [5, 5.41) is 10.7. The molecule has 9 heteroatoms. The lowest BCUT2D eigenvalue weighted by atomic mass is 10.1. The van der Waals surface area contributed by atoms with Crippen molar-refractivity contribution in [3.63, 3.8) is 0 Å². The number of hydrogen-bond donors (Lipinski definition) is 0. The lowest BCUT2D eigenvalue weighted by molar-refractivity contribution is -0.130. The van der Waals surface area contributed by atoms with Gasteiger partial charge < -0.3 is 9.80 Å². The number of carbonyl (C=O) groups is 2. The van der Waals surface area contributed by atoms with Gasteiger partial charge in [0.1, 0.15) is 12.9 Å². The smallest absolute Gasteiger partial charge is 0.254 e. The second-order valence-electron chi connectivity index (χ2n) is 7.21. The van der Waals surface area contributed by atoms with Crippen molar-refractivity contribution in [3.8, 4) is 11.3 Å². The van der Waals surface area contributed by atoms with E-state index in [9.17, 15) is 9.59 Å². The summed E-state index contributed by atoms with van der Waals surface area (Å²) in [6, 6.07) is 13.2. The van der Waals surface area contributed by atoms with Crippen LogP contribution in [0, 0.1) is 0 Å². The Hall–Kier alpha value is -3.62. The molecule has 0 aliphatic heterocycles. The summed E-state index contributed by atoms with van der Waals surface area (Å²) in [6.45, 7) is 4.79. The molecule has 0 spiro atoms. The van der Waals surface area contributed by atoms with Crippen LogP contribution in [-0.2, 0) is 11.3 Å². The number of amides is 2. The molecule has 156 valence electrons. The second-order valence-corrected chi connectivity index (χ2v) is 7.21. The minimum absolute atomic E-state index is 0.0196. The molecule has 2 aromatic heterocycles. The number of aromatic nitrogens is 5. The van der Waals surface area contributed by atoms with Crippen LogP contribution in [0.4, 0.5) is 0 Å². The first-order valence-electron chi connectivity index (χ1n) is 9.73. The second kappa shape index (κ2) is 9.73. The van der Waals surface area contributed by atoms with E-state index in [4.69, 9.17) is 0 Å². The van der Waals surface area contributed by atoms with Crippen molar-refractivity contribution in [2.45, 2.75) is 26.4 Å². The summed E-state index contributed by atoms with van der Waals surface area (Å²) in [5.74, 6) is -0.223. The maximum Gasteiger partial charge on any atom is 0.254 e. The van der Waals surface area contributed by atoms with E-state index >= 15 is 0 Å². The summed E-state index contributed by atoms with van der Waals surface area (Å²) in [7, 11) is 1.70. The molecule has 0 aliphatic rings. The van der Waals surface area contributed by atoms with Crippen LogP contribution in [0.5, 0.6) is 0 Å². The quantitative estimate of drug-likeness (QED) is 0.564. The van der Waals surface area contributed by atoms with Gasteiger partial charge in [-0.25, -0.2) is 4.68 Å². The zero-order valence-corrected chi connectivity index (χ0v) is 17.3. The topological polar surface area (TPSA) is 97.1 Å². The Bertz CT molecular complexity index is 974. The van der Waals surface area contributed by atoms with Gasteiger partial charge in [-0.15, -0.1) is 5.10 Å². The normalized spacial score (nSPS) is 10.8. The molecule has 3 rings (SSSR count). The number of carbonyl (C=O) groups excluding carboxylic acids is 2. The molecule has 30 heavy (non-hydrogen) atoms. The van der Waals surface area contributed by atoms with E-state index < -0.39 is 0 Å². The fraction of sp³-hybridized carbons (Fsp3) is 0.333. The van der Waals surface area contributed by atoms with E-state index in [1.807, 2.05) is 44.2 Å². The Kier molecular flexibility index (Phi) is 6.84. The maximum atomic E-state index is 13.2. The molecule has 1 aromatic carbocycles. The average molecular weight is 407 g/mol. The molecule has 0 fully saturated rings. The Morgan fingerprint density at radius 1 is 1.10 bits per heavy atom. The molecule has 2 heterocycles. The SMILES string of the molecule is CC(C)N(CCN(C)C(=O)Cn1cnnn1)C(=O)c1ccnc(-c2ccccc2)c1. The van der Waals surface area contributed by atoms with E-state index in [0.717, 1.165) is 11.3 Å². The highest BCUT2D eigenvalue weighted by atomic mass is 16.2. The van der Waals surface area contributed by atoms with Crippen molar-refractivity contribution in [3.05, 3.63) is 60.6 Å². The van der Waals surface area contributed by atoms with Crippen molar-refractivity contribution in [1.82, 2.24) is 35.0 Å². The fourth-order valence-electron chi connectivity index (χ4n) is 2.98. The highest BCUT2D eigenvalue weighted by Crippen LogP contribution is 2.18. The van der Waals surface area contributed by atoms with Crippen molar-refractivity contribution >= 4 is 11.8 Å². The Balaban J connectivity index is 1.67. The summed E-state index contributed by atoms with van der Waals surface area (Å²) < 4.78 is 1.37. The van der Waals surface area contributed by atoms with Gasteiger partial charge in [-0.1, -0.05) is 30.3 Å². The fourth-order valence-corrected chi connectivity index (χ4v) is 2.98. The Labute approximate surface area is 175 Å². The summed E-state index contributed by atoms with van der Waals surface area (Å²) in [6.07, 6.45) is 3.04. The van der Waals surface area contributed by atoms with E-state index in [2.05, 4.69) is 20.5 Å². The van der Waals surface area contributed by atoms with Gasteiger partial charge in [-0.05, 0) is 36.4 Å². The lowest BCUT2D eigenvalue weighted by Gasteiger charge is -2.29. The van der Waals surface area contributed by atoms with Gasteiger partial charge >= 0.3 is 0 Å². The summed E-state index contributed by atoms with van der Waals surface area (Å²) >= 11 is 0. The van der Waals surface area contributed by atoms with E-state index in [-0.39, 0.29) is 24.4 Å². The number of rotatable bonds is 8. The third-order valence-electron chi connectivity index (χ3n) is 4.75. The zero-order valence-electron chi connectivity index (χ0n) is 17.3. The molecule has 0 bridgehead atoms. The lowest BCUT2D eigenvalue weighted by Crippen LogP contribution is -2.43. The van der Waals surface area contributed by atoms with E-state index in [1.54, 1.807) is 35.2 Å². The average Bonchev–Trinajstić information content (AvgIpc) is 3.27. The third-order valence-corrected chi connectivity index (χ3v) is 4.75. The maximum absolute atomic E-state index is 13.2. The first-order chi connectivity index (χ1) is 14.5. The van der Waals surface area contributed by atoms with Crippen LogP contribution in [-0.4, -0.2) is 73.0 Å². The van der Waals surface area contributed by atoms with Crippen LogP contribution in [0.25, 0.3) is 11.3 Å². The van der Waals surface area contributed by atoms with Crippen molar-refractivity contribution < 1.29 is 9.59 Å². The molecule has 3 aromatic rings. The standard InChI is InChI=1S/C21H25N7O2/c1-16(2)28(12-11-26(3)20(29)14-27-15-23-24-25-27)21(30)18-9-10-22-19(13-18)17-7-5-4-6-8-17/h4-10,13,15-16H,11-12,14H2,1-3H3. The van der Waals surface area contributed by atoms with Gasteiger partial charge in [0.05, 0.1) is 5.69 Å². The molecule has 0 atom stereocenters. The Morgan fingerprint density at radius 2 is 1.87 bits per heavy atom. The van der Waals surface area contributed by atoms with Gasteiger partial charge in [0, 0.05) is 43.5 Å². The van der Waals surface area contributed by atoms with Crippen LogP contribution < -0.4 is 0 Å². The van der Waals surface area contributed by atoms with E-state index in [1.165, 1.54) is 11.0 Å². The monoisotopic (exact) mass is 407 g/mol. The molecule has 0 N–H and O–H groups in total. The zero-order chi connectivity index (χ0) is 21.5. The first kappa shape index (κ1) is 21.1. The minimum atomic E-state index is -0.131. The molecule has 0 saturated heterocycles. The van der Waals surface area contributed by atoms with Crippen molar-refractivity contribution in [2.24, 2.45) is 0 Å². The summed E-state index contributed by atoms with van der Waals surface area (Å²) in [4.78, 5) is 33.2. The molecule has 0 radical (unpaired) electrons. The van der Waals surface area contributed by atoms with Gasteiger partial charge in [-0.3, -0.25) is 14.6 Å². The minimum Gasteiger partial charge on any atom is -0.342 e. The number of tetrazole rings is 1. The molecular formula is C21H25N7O2. The predicted octanol–water partition coefficient (Wildman–Crippen LogP) is 1.74. The predicted molar refractivity (Wildman–Crippen MR) is 111 cm³/mol. The number of nitrogens with zero attached hydrogens (tertiary/aromatic N) is 7. The molecule has 0 unspecified atom stereocenters. The third kappa shape index (κ3) is 5.25. The van der Waals surface area contributed by atoms with Gasteiger partial charge in [-0.2, -0.15) is 0 Å². The van der Waals surface area contributed by atoms with Crippen LogP contribution in [0.15, 0.2) is 55.0 Å². The Morgan fingerprint density at radius 3 is 2.53 bits per heavy atom. The highest BCUT2D eigenvalue weighted by Gasteiger charge is 2.21. The number of pyridine rings is 1. The van der Waals surface area contributed by atoms with Crippen LogP contribution in [0.2, 0.25) is 0 Å². The molecule has 0 aliphatic carbocycles. The number of benzene rings is 1. The highest BCUT2D eigenvalue weighted by molar-refractivity contribution is 5.95. The molecular weight excluding hydrogens is 382 g/mol. The van der Waals surface area contributed by atoms with Crippen LogP contribution >= 0.6 is 0 Å². The summed E-state index contributed by atoms with van der Waals surface area (Å²) in [5.41, 5.74) is 2.27. The number of likely N-dealkylation sites (N-methyl/N-ethyl adjacent to an activating group) is 1. The largest absolute Gasteiger partial charge is 0.342 e. The van der Waals surface area contributed by atoms with Gasteiger partial charge in [0.25, 0.3) is 5.91 Å². The first-order valence-corrected chi connectivity index (χ1v) is 9.73. The van der Waals surface area contributed by atoms with Crippen LogP contribution in [0.1, 0.15) is 24.2 Å². The number of hydrogen-bond acceptors (Lipinski definition) is 6. The molecule has 0 saturated carbocycles. The van der Waals surface area contributed by atoms with Crippen molar-refractivity contribution in [1.29, 1.82) is 0 Å². The van der Waals surface area contributed by atoms with Crippen molar-refractivity contribution in [2.75, 3.05) is 20.1 Å². The van der Waals surface area contributed by atoms with Gasteiger partial charge in [0.2, 0.25) is 5.91 Å². The van der Waals surface area contributed by atoms with Crippen LogP contribution in [0.3, 0.4) is 0 Å². The molecule has 9 nitrogen and oxygen atoms in total.